The van der Waals surface area contributed by atoms with E-state index in [0.717, 1.165) is 68.5 Å². The van der Waals surface area contributed by atoms with E-state index >= 15 is 0 Å². The summed E-state index contributed by atoms with van der Waals surface area (Å²) in [5, 5.41) is 14.3. The fraction of sp³-hybridized carbons (Fsp3) is 0.562. The van der Waals surface area contributed by atoms with Crippen molar-refractivity contribution in [2.75, 3.05) is 69.7 Å². The van der Waals surface area contributed by atoms with Gasteiger partial charge in [-0.25, -0.2) is 9.97 Å². The predicted molar refractivity (Wildman–Crippen MR) is 176 cm³/mol. The zero-order valence-corrected chi connectivity index (χ0v) is 27.4. The highest BCUT2D eigenvalue weighted by atomic mass is 32.1. The number of rotatable bonds is 12. The molecule has 0 amide bonds. The summed E-state index contributed by atoms with van der Waals surface area (Å²) < 4.78 is 16.7. The Morgan fingerprint density at radius 1 is 1.16 bits per heavy atom. The molecular formula is C32H45N7O5S. The van der Waals surface area contributed by atoms with Crippen molar-refractivity contribution in [3.05, 3.63) is 58.4 Å². The summed E-state index contributed by atoms with van der Waals surface area (Å²) in [6.45, 7) is 11.2. The van der Waals surface area contributed by atoms with Gasteiger partial charge in [0, 0.05) is 58.3 Å². The summed E-state index contributed by atoms with van der Waals surface area (Å²) in [7, 11) is 2.10. The molecule has 0 bridgehead atoms. The van der Waals surface area contributed by atoms with Crippen LogP contribution >= 0.6 is 13.5 Å². The second-order valence-corrected chi connectivity index (χ2v) is 12.2. The number of oxazole rings is 1. The number of anilines is 2. The van der Waals surface area contributed by atoms with Crippen LogP contribution in [0.1, 0.15) is 51.5 Å². The van der Waals surface area contributed by atoms with Crippen LogP contribution in [-0.4, -0.2) is 107 Å². The highest BCUT2D eigenvalue weighted by Gasteiger charge is 2.25. The van der Waals surface area contributed by atoms with Gasteiger partial charge < -0.3 is 34.1 Å². The minimum Gasteiger partial charge on any atom is -0.485 e. The first-order chi connectivity index (χ1) is 21.3. The lowest BCUT2D eigenvalue weighted by Crippen LogP contribution is -2.45. The highest BCUT2D eigenvalue weighted by molar-refractivity contribution is 7.59. The van der Waals surface area contributed by atoms with Crippen LogP contribution in [0, 0.1) is 13.8 Å². The molecule has 3 aliphatic rings. The number of carbonyl (C=O) groups is 1. The van der Waals surface area contributed by atoms with Gasteiger partial charge in [0.1, 0.15) is 23.9 Å². The second-order valence-electron chi connectivity index (χ2n) is 12.2. The Bertz CT molecular complexity index is 1460. The SMILES string of the molecule is Cc1ncoc1COc1ccc2c(c1C)CCN(C[C@@H](O)CCC(=O)c1cc(NC3COC3)nc(N3CCN(C)CC3)n1)C2.S. The van der Waals surface area contributed by atoms with Crippen LogP contribution in [0.2, 0.25) is 0 Å². The van der Waals surface area contributed by atoms with Gasteiger partial charge in [-0.2, -0.15) is 18.5 Å². The molecule has 12 nitrogen and oxygen atoms in total. The third-order valence-electron chi connectivity index (χ3n) is 8.87. The standard InChI is InChI=1S/C32H43N7O5.H2S/c1-21-26-8-9-38(15-23(26)4-7-29(21)43-19-30-22(2)33-20-44-30)16-25(40)5-6-28(41)27-14-31(34-24-17-42-18-24)36-32(35-27)39-12-10-37(3)11-13-39;/h4,7,14,20,24-25,40H,5-6,8-13,15-19H2,1-3H3,(H,34,35,36);1H2/t25-;/m0./s1. The van der Waals surface area contributed by atoms with Gasteiger partial charge in [0.05, 0.1) is 31.1 Å². The number of Topliss-reactive ketones (excluding diaryl/α,β-unsaturated/α-hetero) is 1. The molecule has 0 spiro atoms. The molecule has 3 aromatic rings. The number of aromatic nitrogens is 3. The molecule has 2 N–H and O–H groups in total. The first kappa shape index (κ1) is 33.1. The topological polar surface area (TPSA) is 129 Å². The summed E-state index contributed by atoms with van der Waals surface area (Å²) in [5.74, 6) is 2.73. The fourth-order valence-corrected chi connectivity index (χ4v) is 5.94. The van der Waals surface area contributed by atoms with E-state index in [-0.39, 0.29) is 31.7 Å². The van der Waals surface area contributed by atoms with Crippen molar-refractivity contribution in [2.24, 2.45) is 0 Å². The molecule has 0 radical (unpaired) electrons. The average Bonchev–Trinajstić information content (AvgIpc) is 3.42. The van der Waals surface area contributed by atoms with Crippen molar-refractivity contribution in [1.29, 1.82) is 0 Å². The summed E-state index contributed by atoms with van der Waals surface area (Å²) in [6.07, 6.45) is 2.30. The van der Waals surface area contributed by atoms with Crippen molar-refractivity contribution >= 4 is 31.0 Å². The van der Waals surface area contributed by atoms with E-state index in [0.29, 0.717) is 50.2 Å². The largest absolute Gasteiger partial charge is 0.485 e. The van der Waals surface area contributed by atoms with Crippen LogP contribution in [0.25, 0.3) is 0 Å². The number of piperazine rings is 1. The maximum atomic E-state index is 13.3. The Kier molecular flexibility index (Phi) is 11.0. The van der Waals surface area contributed by atoms with E-state index in [1.807, 2.05) is 13.0 Å². The zero-order valence-electron chi connectivity index (χ0n) is 26.4. The normalized spacial score (nSPS) is 18.1. The van der Waals surface area contributed by atoms with E-state index in [2.05, 4.69) is 50.0 Å². The van der Waals surface area contributed by atoms with E-state index in [9.17, 15) is 9.90 Å². The molecule has 2 fully saturated rings. The number of aliphatic hydroxyl groups is 1. The second kappa shape index (κ2) is 14.9. The molecular weight excluding hydrogens is 594 g/mol. The van der Waals surface area contributed by atoms with Crippen molar-refractivity contribution in [3.63, 3.8) is 0 Å². The number of β-amino-alcohol motifs (C(OH)–C–C–N with tert-alkyl or cyclic N) is 1. The number of aryl methyl sites for hydroxylation is 1. The van der Waals surface area contributed by atoms with Crippen molar-refractivity contribution in [3.8, 4) is 5.75 Å². The minimum absolute atomic E-state index is 0. The van der Waals surface area contributed by atoms with Gasteiger partial charge in [0.2, 0.25) is 5.95 Å². The molecule has 45 heavy (non-hydrogen) atoms. The predicted octanol–water partition coefficient (Wildman–Crippen LogP) is 2.72. The summed E-state index contributed by atoms with van der Waals surface area (Å²) in [4.78, 5) is 33.5. The van der Waals surface area contributed by atoms with Crippen molar-refractivity contribution in [1.82, 2.24) is 24.8 Å². The van der Waals surface area contributed by atoms with E-state index in [1.54, 1.807) is 6.07 Å². The van der Waals surface area contributed by atoms with Crippen molar-refractivity contribution < 1.29 is 23.8 Å². The van der Waals surface area contributed by atoms with Gasteiger partial charge in [0.15, 0.2) is 17.9 Å². The molecule has 244 valence electrons. The van der Waals surface area contributed by atoms with Gasteiger partial charge in [0.25, 0.3) is 0 Å². The Labute approximate surface area is 271 Å². The van der Waals surface area contributed by atoms with Crippen LogP contribution in [0.3, 0.4) is 0 Å². The minimum atomic E-state index is -0.613. The zero-order chi connectivity index (χ0) is 30.6. The number of hydrogen-bond acceptors (Lipinski definition) is 12. The lowest BCUT2D eigenvalue weighted by molar-refractivity contribution is 0.0209. The fourth-order valence-electron chi connectivity index (χ4n) is 5.94. The summed E-state index contributed by atoms with van der Waals surface area (Å²) in [6, 6.07) is 6.05. The number of likely N-dealkylation sites (N-methyl/N-ethyl adjacent to an activating group) is 1. The first-order valence-corrected chi connectivity index (χ1v) is 15.6. The molecule has 5 heterocycles. The maximum Gasteiger partial charge on any atom is 0.228 e. The maximum absolute atomic E-state index is 13.3. The molecule has 13 heteroatoms. The molecule has 0 aliphatic carbocycles. The lowest BCUT2D eigenvalue weighted by atomic mass is 9.94. The highest BCUT2D eigenvalue weighted by Crippen LogP contribution is 2.30. The Morgan fingerprint density at radius 3 is 2.67 bits per heavy atom. The smallest absolute Gasteiger partial charge is 0.228 e. The molecule has 2 saturated heterocycles. The molecule has 1 aromatic carbocycles. The molecule has 3 aliphatic heterocycles. The first-order valence-electron chi connectivity index (χ1n) is 15.6. The summed E-state index contributed by atoms with van der Waals surface area (Å²) >= 11 is 0. The van der Waals surface area contributed by atoms with Crippen LogP contribution in [-0.2, 0) is 24.3 Å². The van der Waals surface area contributed by atoms with Crippen LogP contribution in [0.5, 0.6) is 5.75 Å². The van der Waals surface area contributed by atoms with Crippen LogP contribution < -0.4 is 15.0 Å². The Hall–Kier alpha value is -3.23. The third kappa shape index (κ3) is 8.14. The molecule has 6 rings (SSSR count). The van der Waals surface area contributed by atoms with Gasteiger partial charge in [-0.05, 0) is 56.5 Å². The molecule has 0 saturated carbocycles. The number of nitrogens with zero attached hydrogens (tertiary/aromatic N) is 6. The van der Waals surface area contributed by atoms with E-state index in [1.165, 1.54) is 17.5 Å². The van der Waals surface area contributed by atoms with E-state index < -0.39 is 6.10 Å². The van der Waals surface area contributed by atoms with Crippen LogP contribution in [0.4, 0.5) is 11.8 Å². The number of benzene rings is 1. The van der Waals surface area contributed by atoms with Gasteiger partial charge >= 0.3 is 0 Å². The lowest BCUT2D eigenvalue weighted by Gasteiger charge is -2.33. The van der Waals surface area contributed by atoms with Crippen molar-refractivity contribution in [2.45, 2.75) is 58.4 Å². The van der Waals surface area contributed by atoms with Gasteiger partial charge in [-0.1, -0.05) is 6.07 Å². The summed E-state index contributed by atoms with van der Waals surface area (Å²) in [5.41, 5.74) is 4.92. The quantitative estimate of drug-likeness (QED) is 0.283. The number of aliphatic hydroxyl groups excluding tert-OH is 1. The van der Waals surface area contributed by atoms with Crippen LogP contribution in [0.15, 0.2) is 29.0 Å². The molecule has 1 atom stereocenters. The van der Waals surface area contributed by atoms with E-state index in [4.69, 9.17) is 18.9 Å². The monoisotopic (exact) mass is 639 g/mol. The Balaban J connectivity index is 0.00000400. The number of carbonyl (C=O) groups excluding carboxylic acids is 1. The number of hydrogen-bond donors (Lipinski definition) is 2. The average molecular weight is 640 g/mol. The number of ether oxygens (including phenoxy) is 2. The number of fused-ring (bicyclic) bond motifs is 1. The molecule has 2 aromatic heterocycles. The number of ketones is 1. The van der Waals surface area contributed by atoms with Gasteiger partial charge in [-0.15, -0.1) is 0 Å². The molecule has 0 unspecified atom stereocenters. The number of nitrogens with one attached hydrogen (secondary N) is 1. The third-order valence-corrected chi connectivity index (χ3v) is 8.87. The van der Waals surface area contributed by atoms with Gasteiger partial charge in [-0.3, -0.25) is 9.69 Å². The Morgan fingerprint density at radius 2 is 1.96 bits per heavy atom.